The summed E-state index contributed by atoms with van der Waals surface area (Å²) in [6, 6.07) is 66.9. The normalized spacial score (nSPS) is 12.0. The smallest absolute Gasteiger partial charge is 0.165 e. The van der Waals surface area contributed by atoms with Gasteiger partial charge in [0.25, 0.3) is 0 Å². The van der Waals surface area contributed by atoms with Crippen LogP contribution in [0.3, 0.4) is 0 Å². The molecule has 4 heterocycles. The summed E-state index contributed by atoms with van der Waals surface area (Å²) in [5.74, 6) is 0.811. The lowest BCUT2D eigenvalue weighted by molar-refractivity contribution is 1.08. The SMILES string of the molecule is c1ccc(-c2nc3ccccc3nc2-n2c3ccccc3c3c(-n4c5ccccc5c5c6c7ccccc7n(-c7ccccc7)c6ccc54)cccc32)cc1. The highest BCUT2D eigenvalue weighted by molar-refractivity contribution is 6.29. The summed E-state index contributed by atoms with van der Waals surface area (Å²) in [7, 11) is 0. The fourth-order valence-corrected chi connectivity index (χ4v) is 8.98. The number of rotatable bonds is 4. The average molecular weight is 702 g/mol. The zero-order chi connectivity index (χ0) is 36.0. The number of hydrogen-bond donors (Lipinski definition) is 0. The van der Waals surface area contributed by atoms with E-state index in [2.05, 4.69) is 171 Å². The maximum Gasteiger partial charge on any atom is 0.165 e. The molecule has 0 aliphatic rings. The van der Waals surface area contributed by atoms with Crippen molar-refractivity contribution in [2.24, 2.45) is 0 Å². The lowest BCUT2D eigenvalue weighted by Gasteiger charge is -2.14. The van der Waals surface area contributed by atoms with Gasteiger partial charge in [0.2, 0.25) is 0 Å². The Morgan fingerprint density at radius 2 is 0.782 bits per heavy atom. The largest absolute Gasteiger partial charge is 0.309 e. The van der Waals surface area contributed by atoms with Crippen LogP contribution in [0.4, 0.5) is 0 Å². The van der Waals surface area contributed by atoms with Crippen LogP contribution in [0.2, 0.25) is 0 Å². The van der Waals surface area contributed by atoms with Crippen LogP contribution in [0.25, 0.3) is 105 Å². The highest BCUT2D eigenvalue weighted by atomic mass is 15.1. The first-order valence-corrected chi connectivity index (χ1v) is 18.7. The lowest BCUT2D eigenvalue weighted by Crippen LogP contribution is -2.04. The molecule has 0 fully saturated rings. The molecule has 0 aliphatic heterocycles. The molecule has 8 aromatic carbocycles. The quantitative estimate of drug-likeness (QED) is 0.183. The molecule has 0 saturated carbocycles. The molecule has 0 bridgehead atoms. The van der Waals surface area contributed by atoms with E-state index in [9.17, 15) is 0 Å². The molecule has 0 spiro atoms. The summed E-state index contributed by atoms with van der Waals surface area (Å²) < 4.78 is 7.19. The molecule has 0 amide bonds. The van der Waals surface area contributed by atoms with Gasteiger partial charge in [0.1, 0.15) is 5.69 Å². The highest BCUT2D eigenvalue weighted by Crippen LogP contribution is 2.45. The van der Waals surface area contributed by atoms with Crippen LogP contribution in [-0.2, 0) is 0 Å². The predicted octanol–water partition coefficient (Wildman–Crippen LogP) is 12.6. The number of hydrogen-bond acceptors (Lipinski definition) is 2. The topological polar surface area (TPSA) is 40.6 Å². The van der Waals surface area contributed by atoms with Crippen molar-refractivity contribution in [1.82, 2.24) is 23.7 Å². The second kappa shape index (κ2) is 11.5. The number of benzene rings is 8. The Morgan fingerprint density at radius 3 is 1.45 bits per heavy atom. The van der Waals surface area contributed by atoms with Crippen LogP contribution in [0.5, 0.6) is 0 Å². The molecule has 0 atom stereocenters. The van der Waals surface area contributed by atoms with E-state index >= 15 is 0 Å². The molecule has 55 heavy (non-hydrogen) atoms. The van der Waals surface area contributed by atoms with Crippen molar-refractivity contribution < 1.29 is 0 Å². The van der Waals surface area contributed by atoms with Crippen molar-refractivity contribution in [1.29, 1.82) is 0 Å². The van der Waals surface area contributed by atoms with Crippen LogP contribution in [0.15, 0.2) is 188 Å². The Bertz CT molecular complexity index is 3480. The summed E-state index contributed by atoms with van der Waals surface area (Å²) in [5, 5.41) is 7.32. The first kappa shape index (κ1) is 30.0. The van der Waals surface area contributed by atoms with E-state index in [4.69, 9.17) is 9.97 Å². The lowest BCUT2D eigenvalue weighted by atomic mass is 10.1. The molecule has 0 saturated heterocycles. The van der Waals surface area contributed by atoms with Gasteiger partial charge >= 0.3 is 0 Å². The summed E-state index contributed by atoms with van der Waals surface area (Å²) >= 11 is 0. The molecule has 12 rings (SSSR count). The molecule has 4 aromatic heterocycles. The number of nitrogens with zero attached hydrogens (tertiary/aromatic N) is 5. The van der Waals surface area contributed by atoms with Gasteiger partial charge in [-0.2, -0.15) is 0 Å². The van der Waals surface area contributed by atoms with Gasteiger partial charge in [-0.1, -0.05) is 121 Å². The van der Waals surface area contributed by atoms with E-state index in [0.29, 0.717) is 0 Å². The Balaban J connectivity index is 1.21. The van der Waals surface area contributed by atoms with Gasteiger partial charge in [-0.3, -0.25) is 4.57 Å². The van der Waals surface area contributed by atoms with Crippen LogP contribution >= 0.6 is 0 Å². The maximum atomic E-state index is 5.37. The van der Waals surface area contributed by atoms with Crippen molar-refractivity contribution in [2.45, 2.75) is 0 Å². The van der Waals surface area contributed by atoms with Crippen molar-refractivity contribution in [3.63, 3.8) is 0 Å². The van der Waals surface area contributed by atoms with Gasteiger partial charge in [-0.15, -0.1) is 0 Å². The van der Waals surface area contributed by atoms with E-state index in [0.717, 1.165) is 55.9 Å². The van der Waals surface area contributed by atoms with Crippen LogP contribution in [0.1, 0.15) is 0 Å². The van der Waals surface area contributed by atoms with E-state index in [1.54, 1.807) is 0 Å². The molecule has 0 radical (unpaired) electrons. The van der Waals surface area contributed by atoms with E-state index in [1.165, 1.54) is 49.0 Å². The molecular formula is C50H31N5. The van der Waals surface area contributed by atoms with E-state index in [-0.39, 0.29) is 0 Å². The molecule has 0 aliphatic carbocycles. The minimum Gasteiger partial charge on any atom is -0.309 e. The number of fused-ring (bicyclic) bond motifs is 11. The second-order valence-corrected chi connectivity index (χ2v) is 14.2. The molecular weight excluding hydrogens is 671 g/mol. The number of para-hydroxylation sites is 6. The first-order chi connectivity index (χ1) is 27.3. The predicted molar refractivity (Wildman–Crippen MR) is 228 cm³/mol. The molecule has 5 heteroatoms. The van der Waals surface area contributed by atoms with Gasteiger partial charge in [0.15, 0.2) is 5.82 Å². The van der Waals surface area contributed by atoms with E-state index in [1.807, 2.05) is 30.3 Å². The van der Waals surface area contributed by atoms with Crippen molar-refractivity contribution >= 4 is 76.5 Å². The number of aromatic nitrogens is 5. The minimum absolute atomic E-state index is 0.811. The third-order valence-corrected chi connectivity index (χ3v) is 11.2. The van der Waals surface area contributed by atoms with Gasteiger partial charge in [0.05, 0.1) is 49.8 Å². The third-order valence-electron chi connectivity index (χ3n) is 11.2. The van der Waals surface area contributed by atoms with Gasteiger partial charge in [0, 0.05) is 43.6 Å². The van der Waals surface area contributed by atoms with Gasteiger partial charge in [-0.25, -0.2) is 9.97 Å². The van der Waals surface area contributed by atoms with Crippen molar-refractivity contribution in [3.05, 3.63) is 188 Å². The molecule has 0 unspecified atom stereocenters. The molecule has 12 aromatic rings. The summed E-state index contributed by atoms with van der Waals surface area (Å²) in [6.45, 7) is 0. The van der Waals surface area contributed by atoms with Crippen molar-refractivity contribution in [3.8, 4) is 28.5 Å². The summed E-state index contributed by atoms with van der Waals surface area (Å²) in [5.41, 5.74) is 12.8. The highest BCUT2D eigenvalue weighted by Gasteiger charge is 2.24. The first-order valence-electron chi connectivity index (χ1n) is 18.7. The Morgan fingerprint density at radius 1 is 0.309 bits per heavy atom. The Kier molecular flexibility index (Phi) is 6.27. The minimum atomic E-state index is 0.811. The zero-order valence-corrected chi connectivity index (χ0v) is 29.6. The Hall–Kier alpha value is -7.50. The maximum absolute atomic E-state index is 5.37. The summed E-state index contributed by atoms with van der Waals surface area (Å²) in [4.78, 5) is 10.6. The van der Waals surface area contributed by atoms with Crippen LogP contribution < -0.4 is 0 Å². The third kappa shape index (κ3) is 4.23. The van der Waals surface area contributed by atoms with Gasteiger partial charge < -0.3 is 9.13 Å². The fourth-order valence-electron chi connectivity index (χ4n) is 8.98. The van der Waals surface area contributed by atoms with Gasteiger partial charge in [-0.05, 0) is 66.7 Å². The standard InChI is InChI=1S/C50H31N5/c1-3-16-32(17-4-1)49-50(52-38-24-11-10-23-37(38)51-49)55-41-27-14-7-20-34(41)46-42(28-15-29-43(46)55)54-40-26-13-9-22-36(40)48-45(54)31-30-44-47(48)35-21-8-12-25-39(35)53(44)33-18-5-2-6-19-33/h1-31H. The fraction of sp³-hybridized carbons (Fsp3) is 0. The molecule has 256 valence electrons. The summed E-state index contributed by atoms with van der Waals surface area (Å²) in [6.07, 6.45) is 0. The second-order valence-electron chi connectivity index (χ2n) is 14.2. The Labute approximate surface area is 315 Å². The van der Waals surface area contributed by atoms with E-state index < -0.39 is 0 Å². The van der Waals surface area contributed by atoms with Crippen molar-refractivity contribution in [2.75, 3.05) is 0 Å². The van der Waals surface area contributed by atoms with Crippen LogP contribution in [-0.4, -0.2) is 23.7 Å². The zero-order valence-electron chi connectivity index (χ0n) is 29.6. The molecule has 5 nitrogen and oxygen atoms in total. The molecule has 0 N–H and O–H groups in total. The monoisotopic (exact) mass is 701 g/mol. The van der Waals surface area contributed by atoms with Crippen LogP contribution in [0, 0.1) is 0 Å². The average Bonchev–Trinajstić information content (AvgIpc) is 3.89.